The highest BCUT2D eigenvalue weighted by molar-refractivity contribution is 9.10. The monoisotopic (exact) mass is 392 g/mol. The molecule has 0 unspecified atom stereocenters. The van der Waals surface area contributed by atoms with E-state index in [9.17, 15) is 0 Å². The summed E-state index contributed by atoms with van der Waals surface area (Å²) in [5.74, 6) is 0.823. The lowest BCUT2D eigenvalue weighted by atomic mass is 10.2. The van der Waals surface area contributed by atoms with Crippen LogP contribution in [-0.4, -0.2) is 14.9 Å². The van der Waals surface area contributed by atoms with Crippen molar-refractivity contribution in [3.8, 4) is 5.75 Å². The molecule has 0 atom stereocenters. The molecule has 5 nitrogen and oxygen atoms in total. The summed E-state index contributed by atoms with van der Waals surface area (Å²) in [6, 6.07) is 13.6. The lowest BCUT2D eigenvalue weighted by molar-refractivity contribution is 0.303. The van der Waals surface area contributed by atoms with Gasteiger partial charge in [0.25, 0.3) is 0 Å². The van der Waals surface area contributed by atoms with Crippen LogP contribution in [0, 0.1) is 0 Å². The highest BCUT2D eigenvalue weighted by atomic mass is 79.9. The third kappa shape index (κ3) is 4.46. The second-order valence-electron chi connectivity index (χ2n) is 4.87. The molecule has 3 rings (SSSR count). The molecule has 0 bridgehead atoms. The summed E-state index contributed by atoms with van der Waals surface area (Å²) in [5, 5.41) is 8.23. The van der Waals surface area contributed by atoms with Crippen LogP contribution in [0.15, 0.2) is 59.6 Å². The van der Waals surface area contributed by atoms with E-state index in [0.29, 0.717) is 13.2 Å². The second-order valence-corrected chi connectivity index (χ2v) is 6.22. The molecule has 0 radical (unpaired) electrons. The van der Waals surface area contributed by atoms with Crippen molar-refractivity contribution in [2.75, 3.05) is 5.43 Å². The van der Waals surface area contributed by atoms with E-state index in [1.165, 1.54) is 0 Å². The molecule has 0 aliphatic carbocycles. The molecule has 2 aromatic carbocycles. The number of aromatic nitrogens is 3. The van der Waals surface area contributed by atoms with Gasteiger partial charge in [-0.2, -0.15) is 0 Å². The molecule has 1 N–H and O–H groups in total. The fourth-order valence-corrected chi connectivity index (χ4v) is 2.56. The minimum absolute atomic E-state index is 0.485. The first-order valence-corrected chi connectivity index (χ1v) is 8.12. The van der Waals surface area contributed by atoms with Gasteiger partial charge in [-0.1, -0.05) is 39.7 Å². The number of benzene rings is 2. The number of nitrogens with zero attached hydrogens (tertiary/aromatic N) is 3. The van der Waals surface area contributed by atoms with Crippen LogP contribution in [0.25, 0.3) is 0 Å². The lowest BCUT2D eigenvalue weighted by Crippen LogP contribution is -2.13. The van der Waals surface area contributed by atoms with Crippen molar-refractivity contribution < 1.29 is 4.74 Å². The first-order valence-electron chi connectivity index (χ1n) is 6.95. The standard InChI is InChI=1S/C16H14BrClN4O/c17-14-3-6-16(23-9-12-1-4-15(18)5-2-12)13(7-14)8-21-22-10-19-20-11-22/h1-7,10-11,21H,8-9H2. The van der Waals surface area contributed by atoms with Gasteiger partial charge in [0, 0.05) is 15.1 Å². The maximum absolute atomic E-state index is 5.94. The molecule has 0 spiro atoms. The number of halogens is 2. The van der Waals surface area contributed by atoms with E-state index in [1.54, 1.807) is 17.3 Å². The molecular weight excluding hydrogens is 380 g/mol. The van der Waals surface area contributed by atoms with Crippen LogP contribution in [0.2, 0.25) is 5.02 Å². The molecule has 0 amide bonds. The molecule has 1 aromatic heterocycles. The van der Waals surface area contributed by atoms with E-state index in [-0.39, 0.29) is 0 Å². The lowest BCUT2D eigenvalue weighted by Gasteiger charge is -2.13. The van der Waals surface area contributed by atoms with Gasteiger partial charge in [0.1, 0.15) is 25.0 Å². The number of nitrogens with one attached hydrogen (secondary N) is 1. The van der Waals surface area contributed by atoms with Crippen LogP contribution in [0.1, 0.15) is 11.1 Å². The van der Waals surface area contributed by atoms with Crippen LogP contribution in [0.5, 0.6) is 5.75 Å². The average molecular weight is 394 g/mol. The van der Waals surface area contributed by atoms with Crippen LogP contribution in [0.4, 0.5) is 0 Å². The van der Waals surface area contributed by atoms with Gasteiger partial charge in [0.2, 0.25) is 0 Å². The van der Waals surface area contributed by atoms with E-state index in [0.717, 1.165) is 26.4 Å². The molecule has 1 heterocycles. The van der Waals surface area contributed by atoms with Gasteiger partial charge in [-0.05, 0) is 35.9 Å². The van der Waals surface area contributed by atoms with Gasteiger partial charge in [0.05, 0.1) is 6.54 Å². The van der Waals surface area contributed by atoms with Crippen molar-refractivity contribution in [1.29, 1.82) is 0 Å². The summed E-state index contributed by atoms with van der Waals surface area (Å²) >= 11 is 9.38. The summed E-state index contributed by atoms with van der Waals surface area (Å²) in [5.41, 5.74) is 5.28. The third-order valence-corrected chi connectivity index (χ3v) is 3.95. The van der Waals surface area contributed by atoms with Crippen LogP contribution < -0.4 is 10.2 Å². The van der Waals surface area contributed by atoms with Crippen molar-refractivity contribution in [3.63, 3.8) is 0 Å². The Hall–Kier alpha value is -2.05. The molecule has 0 saturated heterocycles. The predicted molar refractivity (Wildman–Crippen MR) is 93.0 cm³/mol. The Morgan fingerprint density at radius 1 is 1.09 bits per heavy atom. The molecule has 3 aromatic rings. The SMILES string of the molecule is Clc1ccc(COc2ccc(Br)cc2CNn2cnnc2)cc1. The molecule has 23 heavy (non-hydrogen) atoms. The first-order chi connectivity index (χ1) is 11.2. The zero-order chi connectivity index (χ0) is 16.1. The number of rotatable bonds is 6. The predicted octanol–water partition coefficient (Wildman–Crippen LogP) is 4.02. The average Bonchev–Trinajstić information content (AvgIpc) is 3.07. The zero-order valence-corrected chi connectivity index (χ0v) is 14.5. The van der Waals surface area contributed by atoms with Crippen molar-refractivity contribution in [3.05, 3.63) is 75.7 Å². The fraction of sp³-hybridized carbons (Fsp3) is 0.125. The molecule has 0 saturated carbocycles. The molecule has 118 valence electrons. The third-order valence-electron chi connectivity index (χ3n) is 3.20. The highest BCUT2D eigenvalue weighted by Gasteiger charge is 2.06. The molecule has 0 aliphatic rings. The second kappa shape index (κ2) is 7.48. The maximum atomic E-state index is 5.94. The minimum atomic E-state index is 0.485. The summed E-state index contributed by atoms with van der Waals surface area (Å²) < 4.78 is 8.64. The summed E-state index contributed by atoms with van der Waals surface area (Å²) in [6.45, 7) is 1.08. The van der Waals surface area contributed by atoms with Crippen molar-refractivity contribution >= 4 is 27.5 Å². The minimum Gasteiger partial charge on any atom is -0.489 e. The van der Waals surface area contributed by atoms with E-state index in [1.807, 2.05) is 42.5 Å². The Labute approximate surface area is 147 Å². The van der Waals surface area contributed by atoms with Gasteiger partial charge in [-0.15, -0.1) is 10.2 Å². The van der Waals surface area contributed by atoms with Gasteiger partial charge >= 0.3 is 0 Å². The Kier molecular flexibility index (Phi) is 5.15. The normalized spacial score (nSPS) is 10.5. The van der Waals surface area contributed by atoms with E-state index in [4.69, 9.17) is 16.3 Å². The van der Waals surface area contributed by atoms with Gasteiger partial charge in [-0.25, -0.2) is 4.68 Å². The Balaban J connectivity index is 1.69. The van der Waals surface area contributed by atoms with Gasteiger partial charge in [0.15, 0.2) is 0 Å². The quantitative estimate of drug-likeness (QED) is 0.687. The molecule has 7 heteroatoms. The Morgan fingerprint density at radius 3 is 2.57 bits per heavy atom. The van der Waals surface area contributed by atoms with E-state index in [2.05, 4.69) is 31.6 Å². The highest BCUT2D eigenvalue weighted by Crippen LogP contribution is 2.24. The Morgan fingerprint density at radius 2 is 1.83 bits per heavy atom. The molecule has 0 aliphatic heterocycles. The summed E-state index contributed by atoms with van der Waals surface area (Å²) in [6.07, 6.45) is 3.21. The van der Waals surface area contributed by atoms with Crippen LogP contribution >= 0.6 is 27.5 Å². The van der Waals surface area contributed by atoms with Gasteiger partial charge < -0.3 is 10.2 Å². The molecule has 0 fully saturated rings. The molecular formula is C16H14BrClN4O. The van der Waals surface area contributed by atoms with E-state index < -0.39 is 0 Å². The summed E-state index contributed by atoms with van der Waals surface area (Å²) in [7, 11) is 0. The van der Waals surface area contributed by atoms with Crippen LogP contribution in [-0.2, 0) is 13.2 Å². The van der Waals surface area contributed by atoms with Gasteiger partial charge in [-0.3, -0.25) is 0 Å². The largest absolute Gasteiger partial charge is 0.489 e. The fourth-order valence-electron chi connectivity index (χ4n) is 2.03. The number of hydrogen-bond acceptors (Lipinski definition) is 4. The smallest absolute Gasteiger partial charge is 0.138 e. The van der Waals surface area contributed by atoms with Crippen LogP contribution in [0.3, 0.4) is 0 Å². The topological polar surface area (TPSA) is 52.0 Å². The van der Waals surface area contributed by atoms with Crippen molar-refractivity contribution in [1.82, 2.24) is 14.9 Å². The summed E-state index contributed by atoms with van der Waals surface area (Å²) in [4.78, 5) is 0. The number of ether oxygens (including phenoxy) is 1. The van der Waals surface area contributed by atoms with Crippen molar-refractivity contribution in [2.24, 2.45) is 0 Å². The first kappa shape index (κ1) is 15.8. The zero-order valence-electron chi connectivity index (χ0n) is 12.1. The maximum Gasteiger partial charge on any atom is 0.138 e. The van der Waals surface area contributed by atoms with E-state index >= 15 is 0 Å². The number of hydrogen-bond donors (Lipinski definition) is 1. The Bertz CT molecular complexity index is 762. The van der Waals surface area contributed by atoms with Crippen molar-refractivity contribution in [2.45, 2.75) is 13.2 Å².